The minimum absolute atomic E-state index is 0.105. The fraction of sp³-hybridized carbons (Fsp3) is 0.529. The Bertz CT molecular complexity index is 632. The van der Waals surface area contributed by atoms with Gasteiger partial charge in [0.2, 0.25) is 0 Å². The molecule has 23 heavy (non-hydrogen) atoms. The van der Waals surface area contributed by atoms with Gasteiger partial charge in [0, 0.05) is 30.9 Å². The first-order chi connectivity index (χ1) is 11.2. The number of anilines is 2. The van der Waals surface area contributed by atoms with Crippen LogP contribution in [0.25, 0.3) is 0 Å². The first kappa shape index (κ1) is 15.8. The predicted molar refractivity (Wildman–Crippen MR) is 91.9 cm³/mol. The summed E-state index contributed by atoms with van der Waals surface area (Å²) in [6, 6.07) is 6.48. The molecule has 2 aromatic heterocycles. The molecule has 0 amide bonds. The highest BCUT2D eigenvalue weighted by Crippen LogP contribution is 2.24. The highest BCUT2D eigenvalue weighted by molar-refractivity contribution is 5.48. The molecule has 2 aromatic rings. The molecule has 124 valence electrons. The van der Waals surface area contributed by atoms with E-state index >= 15 is 0 Å². The number of nitrogens with one attached hydrogen (secondary N) is 1. The van der Waals surface area contributed by atoms with Gasteiger partial charge in [0.1, 0.15) is 11.6 Å². The molecule has 0 spiro atoms. The van der Waals surface area contributed by atoms with Crippen molar-refractivity contribution in [1.82, 2.24) is 14.8 Å². The van der Waals surface area contributed by atoms with Crippen molar-refractivity contribution in [2.75, 3.05) is 29.9 Å². The molecule has 0 bridgehead atoms. The lowest BCUT2D eigenvalue weighted by atomic mass is 10.0. The monoisotopic (exact) mass is 315 g/mol. The van der Waals surface area contributed by atoms with E-state index in [0.29, 0.717) is 12.6 Å². The standard InChI is InChI=1S/C17H25N5O/c1-13-14(2)20-22(11-12-23)17(13)19-15-6-9-21(10-7-15)16-5-3-4-8-18-16/h3-5,8,15,19,23H,6-7,9-12H2,1-2H3. The Kier molecular flexibility index (Phi) is 4.81. The van der Waals surface area contributed by atoms with Crippen LogP contribution in [0, 0.1) is 13.8 Å². The lowest BCUT2D eigenvalue weighted by molar-refractivity contribution is 0.270. The zero-order chi connectivity index (χ0) is 16.2. The number of aromatic nitrogens is 3. The largest absolute Gasteiger partial charge is 0.394 e. The Morgan fingerprint density at radius 1 is 1.26 bits per heavy atom. The van der Waals surface area contributed by atoms with Gasteiger partial charge >= 0.3 is 0 Å². The number of nitrogens with zero attached hydrogens (tertiary/aromatic N) is 4. The quantitative estimate of drug-likeness (QED) is 0.883. The summed E-state index contributed by atoms with van der Waals surface area (Å²) in [7, 11) is 0. The summed E-state index contributed by atoms with van der Waals surface area (Å²) in [5.74, 6) is 2.11. The third-order valence-corrected chi connectivity index (χ3v) is 4.55. The van der Waals surface area contributed by atoms with Crippen LogP contribution in [-0.4, -0.2) is 45.6 Å². The van der Waals surface area contributed by atoms with Crippen LogP contribution in [0.5, 0.6) is 0 Å². The summed E-state index contributed by atoms with van der Waals surface area (Å²) in [6.45, 7) is 6.73. The van der Waals surface area contributed by atoms with E-state index in [1.54, 1.807) is 0 Å². The average molecular weight is 315 g/mol. The van der Waals surface area contributed by atoms with E-state index in [2.05, 4.69) is 33.3 Å². The maximum atomic E-state index is 9.21. The number of aliphatic hydroxyl groups excluding tert-OH is 1. The highest BCUT2D eigenvalue weighted by atomic mass is 16.3. The summed E-state index contributed by atoms with van der Waals surface area (Å²) >= 11 is 0. The third-order valence-electron chi connectivity index (χ3n) is 4.55. The Morgan fingerprint density at radius 2 is 2.04 bits per heavy atom. The SMILES string of the molecule is Cc1nn(CCO)c(NC2CCN(c3ccccn3)CC2)c1C. The fourth-order valence-corrected chi connectivity index (χ4v) is 3.10. The van der Waals surface area contributed by atoms with E-state index in [9.17, 15) is 5.11 Å². The minimum Gasteiger partial charge on any atom is -0.394 e. The Labute approximate surface area is 137 Å². The average Bonchev–Trinajstić information content (AvgIpc) is 2.84. The molecule has 1 saturated heterocycles. The van der Waals surface area contributed by atoms with Crippen molar-refractivity contribution in [1.29, 1.82) is 0 Å². The molecule has 0 saturated carbocycles. The van der Waals surface area contributed by atoms with E-state index in [4.69, 9.17) is 0 Å². The van der Waals surface area contributed by atoms with Gasteiger partial charge in [0.25, 0.3) is 0 Å². The molecule has 3 rings (SSSR count). The number of pyridine rings is 1. The van der Waals surface area contributed by atoms with Gasteiger partial charge in [-0.05, 0) is 38.8 Å². The van der Waals surface area contributed by atoms with Gasteiger partial charge in [-0.15, -0.1) is 0 Å². The van der Waals surface area contributed by atoms with Gasteiger partial charge in [-0.2, -0.15) is 5.10 Å². The third kappa shape index (κ3) is 3.47. The van der Waals surface area contributed by atoms with E-state index in [0.717, 1.165) is 43.3 Å². The summed E-state index contributed by atoms with van der Waals surface area (Å²) in [6.07, 6.45) is 3.98. The highest BCUT2D eigenvalue weighted by Gasteiger charge is 2.22. The number of aliphatic hydroxyl groups is 1. The summed E-state index contributed by atoms with van der Waals surface area (Å²) < 4.78 is 1.88. The van der Waals surface area contributed by atoms with Crippen molar-refractivity contribution in [3.8, 4) is 0 Å². The normalized spacial score (nSPS) is 15.9. The van der Waals surface area contributed by atoms with Crippen LogP contribution in [-0.2, 0) is 6.54 Å². The van der Waals surface area contributed by atoms with Gasteiger partial charge in [0.15, 0.2) is 0 Å². The zero-order valence-electron chi connectivity index (χ0n) is 13.9. The molecule has 2 N–H and O–H groups in total. The summed E-state index contributed by atoms with van der Waals surface area (Å²) in [4.78, 5) is 6.77. The predicted octanol–water partition coefficient (Wildman–Crippen LogP) is 1.97. The Balaban J connectivity index is 1.63. The smallest absolute Gasteiger partial charge is 0.128 e. The lowest BCUT2D eigenvalue weighted by Gasteiger charge is -2.33. The van der Waals surface area contributed by atoms with E-state index in [1.807, 2.05) is 29.9 Å². The summed E-state index contributed by atoms with van der Waals surface area (Å²) in [5.41, 5.74) is 2.19. The van der Waals surface area contributed by atoms with Crippen molar-refractivity contribution < 1.29 is 5.11 Å². The van der Waals surface area contributed by atoms with Crippen LogP contribution in [0.4, 0.5) is 11.6 Å². The van der Waals surface area contributed by atoms with Crippen LogP contribution >= 0.6 is 0 Å². The molecule has 0 aliphatic carbocycles. The fourth-order valence-electron chi connectivity index (χ4n) is 3.10. The molecule has 0 radical (unpaired) electrons. The van der Waals surface area contributed by atoms with Gasteiger partial charge in [-0.3, -0.25) is 0 Å². The molecule has 6 heteroatoms. The second kappa shape index (κ2) is 7.00. The maximum Gasteiger partial charge on any atom is 0.128 e. The topological polar surface area (TPSA) is 66.2 Å². The summed E-state index contributed by atoms with van der Waals surface area (Å²) in [5, 5.41) is 17.3. The molecular weight excluding hydrogens is 290 g/mol. The second-order valence-corrected chi connectivity index (χ2v) is 6.10. The maximum absolute atomic E-state index is 9.21. The minimum atomic E-state index is 0.105. The molecule has 1 aliphatic heterocycles. The van der Waals surface area contributed by atoms with E-state index in [1.165, 1.54) is 5.56 Å². The molecule has 0 aromatic carbocycles. The van der Waals surface area contributed by atoms with E-state index in [-0.39, 0.29) is 6.61 Å². The van der Waals surface area contributed by atoms with Gasteiger partial charge in [-0.25, -0.2) is 9.67 Å². The number of hydrogen-bond donors (Lipinski definition) is 2. The zero-order valence-corrected chi connectivity index (χ0v) is 13.9. The van der Waals surface area contributed by atoms with Gasteiger partial charge in [-0.1, -0.05) is 6.07 Å². The van der Waals surface area contributed by atoms with Crippen molar-refractivity contribution >= 4 is 11.6 Å². The Hall–Kier alpha value is -2.08. The molecule has 0 atom stereocenters. The molecule has 1 aliphatic rings. The molecular formula is C17H25N5O. The second-order valence-electron chi connectivity index (χ2n) is 6.10. The molecule has 3 heterocycles. The van der Waals surface area contributed by atoms with Crippen molar-refractivity contribution in [2.45, 2.75) is 39.3 Å². The molecule has 1 fully saturated rings. The first-order valence-corrected chi connectivity index (χ1v) is 8.26. The van der Waals surface area contributed by atoms with Crippen LogP contribution in [0.3, 0.4) is 0 Å². The molecule has 6 nitrogen and oxygen atoms in total. The molecule has 0 unspecified atom stereocenters. The van der Waals surface area contributed by atoms with Crippen molar-refractivity contribution in [3.05, 3.63) is 35.7 Å². The van der Waals surface area contributed by atoms with Crippen LogP contribution < -0.4 is 10.2 Å². The Morgan fingerprint density at radius 3 is 2.70 bits per heavy atom. The van der Waals surface area contributed by atoms with Gasteiger partial charge < -0.3 is 15.3 Å². The number of aryl methyl sites for hydroxylation is 1. The lowest BCUT2D eigenvalue weighted by Crippen LogP contribution is -2.40. The number of piperidine rings is 1. The number of hydrogen-bond acceptors (Lipinski definition) is 5. The first-order valence-electron chi connectivity index (χ1n) is 8.26. The van der Waals surface area contributed by atoms with Crippen LogP contribution in [0.15, 0.2) is 24.4 Å². The van der Waals surface area contributed by atoms with Crippen molar-refractivity contribution in [3.63, 3.8) is 0 Å². The van der Waals surface area contributed by atoms with Gasteiger partial charge in [0.05, 0.1) is 18.8 Å². The van der Waals surface area contributed by atoms with Crippen LogP contribution in [0.1, 0.15) is 24.1 Å². The van der Waals surface area contributed by atoms with E-state index < -0.39 is 0 Å². The number of rotatable bonds is 5. The van der Waals surface area contributed by atoms with Crippen molar-refractivity contribution in [2.24, 2.45) is 0 Å². The van der Waals surface area contributed by atoms with Crippen LogP contribution in [0.2, 0.25) is 0 Å².